The van der Waals surface area contributed by atoms with Gasteiger partial charge in [0.25, 0.3) is 0 Å². The molecule has 1 aliphatic heterocycles. The zero-order valence-corrected chi connectivity index (χ0v) is 15.2. The minimum Gasteiger partial charge on any atom is -0.334 e. The van der Waals surface area contributed by atoms with Gasteiger partial charge in [0.05, 0.1) is 0 Å². The quantitative estimate of drug-likeness (QED) is 0.819. The molecule has 2 atom stereocenters. The molecule has 3 rings (SSSR count). The third kappa shape index (κ3) is 3.32. The molecule has 2 aliphatic rings. The molecule has 2 amide bonds. The molecule has 22 heavy (non-hydrogen) atoms. The Hall–Kier alpha value is -1.03. The number of rotatable bonds is 2. The Bertz CT molecular complexity index is 586. The number of carbonyl (C=O) groups is 1. The van der Waals surface area contributed by atoms with Crippen molar-refractivity contribution in [2.45, 2.75) is 52.6 Å². The molecule has 120 valence electrons. The van der Waals surface area contributed by atoms with Gasteiger partial charge in [0.1, 0.15) is 0 Å². The van der Waals surface area contributed by atoms with Crippen molar-refractivity contribution in [3.63, 3.8) is 0 Å². The zero-order valence-electron chi connectivity index (χ0n) is 13.7. The van der Waals surface area contributed by atoms with Crippen molar-refractivity contribution in [2.75, 3.05) is 6.54 Å². The van der Waals surface area contributed by atoms with Crippen LogP contribution in [-0.4, -0.2) is 23.5 Å². The van der Waals surface area contributed by atoms with E-state index in [0.717, 1.165) is 29.4 Å². The second-order valence-electron chi connectivity index (χ2n) is 8.13. The van der Waals surface area contributed by atoms with Gasteiger partial charge in [-0.2, -0.15) is 0 Å². The van der Waals surface area contributed by atoms with E-state index in [1.165, 1.54) is 6.42 Å². The summed E-state index contributed by atoms with van der Waals surface area (Å²) >= 11 is 3.47. The molecule has 1 saturated carbocycles. The highest BCUT2D eigenvalue weighted by Crippen LogP contribution is 2.52. The maximum Gasteiger partial charge on any atom is 0.317 e. The molecule has 0 radical (unpaired) electrons. The fraction of sp³-hybridized carbons (Fsp3) is 0.611. The average molecular weight is 365 g/mol. The van der Waals surface area contributed by atoms with Gasteiger partial charge in [-0.15, -0.1) is 0 Å². The van der Waals surface area contributed by atoms with E-state index in [4.69, 9.17) is 0 Å². The maximum absolute atomic E-state index is 12.6. The van der Waals surface area contributed by atoms with Crippen LogP contribution in [0.4, 0.5) is 4.79 Å². The lowest BCUT2D eigenvalue weighted by Gasteiger charge is -2.39. The minimum absolute atomic E-state index is 0.0893. The van der Waals surface area contributed by atoms with Crippen LogP contribution in [0.25, 0.3) is 0 Å². The summed E-state index contributed by atoms with van der Waals surface area (Å²) in [6, 6.07) is 8.57. The first-order valence-corrected chi connectivity index (χ1v) is 8.85. The molecule has 4 heteroatoms. The number of amides is 2. The van der Waals surface area contributed by atoms with Crippen molar-refractivity contribution in [2.24, 2.45) is 10.8 Å². The number of nitrogens with zero attached hydrogens (tertiary/aromatic N) is 1. The maximum atomic E-state index is 12.6. The molecule has 1 aliphatic carbocycles. The summed E-state index contributed by atoms with van der Waals surface area (Å²) in [6.07, 6.45) is 3.49. The van der Waals surface area contributed by atoms with Gasteiger partial charge in [-0.3, -0.25) is 0 Å². The van der Waals surface area contributed by atoms with Gasteiger partial charge in [0, 0.05) is 23.6 Å². The van der Waals surface area contributed by atoms with Crippen molar-refractivity contribution in [1.82, 2.24) is 10.2 Å². The Kier molecular flexibility index (Phi) is 4.00. The van der Waals surface area contributed by atoms with Crippen LogP contribution in [0.2, 0.25) is 0 Å². The van der Waals surface area contributed by atoms with E-state index < -0.39 is 0 Å². The molecule has 1 heterocycles. The number of urea groups is 1. The largest absolute Gasteiger partial charge is 0.334 e. The summed E-state index contributed by atoms with van der Waals surface area (Å²) in [4.78, 5) is 14.7. The van der Waals surface area contributed by atoms with Gasteiger partial charge in [0.15, 0.2) is 0 Å². The predicted molar refractivity (Wildman–Crippen MR) is 92.6 cm³/mol. The number of halogens is 1. The van der Waals surface area contributed by atoms with Crippen molar-refractivity contribution in [3.8, 4) is 0 Å². The molecule has 2 fully saturated rings. The monoisotopic (exact) mass is 364 g/mol. The van der Waals surface area contributed by atoms with Crippen molar-refractivity contribution in [1.29, 1.82) is 0 Å². The number of likely N-dealkylation sites (tertiary alicyclic amines) is 1. The highest BCUT2D eigenvalue weighted by molar-refractivity contribution is 9.10. The Labute approximate surface area is 141 Å². The lowest BCUT2D eigenvalue weighted by molar-refractivity contribution is 0.129. The van der Waals surface area contributed by atoms with Crippen LogP contribution >= 0.6 is 15.9 Å². The Balaban J connectivity index is 1.64. The van der Waals surface area contributed by atoms with Crippen LogP contribution in [-0.2, 0) is 6.54 Å². The summed E-state index contributed by atoms with van der Waals surface area (Å²) in [5.74, 6) is 0. The second kappa shape index (κ2) is 5.55. The third-order valence-corrected chi connectivity index (χ3v) is 5.50. The first-order valence-electron chi connectivity index (χ1n) is 8.05. The van der Waals surface area contributed by atoms with Crippen LogP contribution in [0, 0.1) is 10.8 Å². The Morgan fingerprint density at radius 3 is 2.86 bits per heavy atom. The number of fused-ring (bicyclic) bond motifs is 2. The molecular weight excluding hydrogens is 340 g/mol. The topological polar surface area (TPSA) is 32.3 Å². The highest BCUT2D eigenvalue weighted by Gasteiger charge is 2.50. The van der Waals surface area contributed by atoms with E-state index in [1.807, 2.05) is 24.3 Å². The van der Waals surface area contributed by atoms with Crippen molar-refractivity contribution >= 4 is 22.0 Å². The standard InChI is InChI=1S/C18H25BrN2O/c1-17(2)8-15-9-18(3,11-17)12-21(15)16(22)20-10-13-5-4-6-14(19)7-13/h4-7,15H,8-12H2,1-3H3,(H,20,22). The van der Waals surface area contributed by atoms with Crippen molar-refractivity contribution in [3.05, 3.63) is 34.3 Å². The fourth-order valence-corrected chi connectivity index (χ4v) is 5.07. The molecular formula is C18H25BrN2O. The van der Waals surface area contributed by atoms with E-state index >= 15 is 0 Å². The number of hydrogen-bond donors (Lipinski definition) is 1. The van der Waals surface area contributed by atoms with Crippen LogP contribution in [0.5, 0.6) is 0 Å². The van der Waals surface area contributed by atoms with Gasteiger partial charge >= 0.3 is 6.03 Å². The summed E-state index contributed by atoms with van der Waals surface area (Å²) < 4.78 is 1.05. The normalized spacial score (nSPS) is 29.5. The van der Waals surface area contributed by atoms with Gasteiger partial charge in [0.2, 0.25) is 0 Å². The molecule has 1 N–H and O–H groups in total. The van der Waals surface area contributed by atoms with E-state index in [0.29, 0.717) is 23.4 Å². The van der Waals surface area contributed by atoms with Gasteiger partial charge < -0.3 is 10.2 Å². The zero-order chi connectivity index (χ0) is 16.0. The average Bonchev–Trinajstić information content (AvgIpc) is 2.65. The summed E-state index contributed by atoms with van der Waals surface area (Å²) in [7, 11) is 0. The first kappa shape index (κ1) is 15.9. The molecule has 0 aromatic heterocycles. The predicted octanol–water partition coefficient (Wildman–Crippen LogP) is 4.56. The van der Waals surface area contributed by atoms with E-state index in [2.05, 4.69) is 46.9 Å². The van der Waals surface area contributed by atoms with Crippen LogP contribution in [0.15, 0.2) is 28.7 Å². The summed E-state index contributed by atoms with van der Waals surface area (Å²) in [5, 5.41) is 3.09. The molecule has 0 spiro atoms. The van der Waals surface area contributed by atoms with Crippen LogP contribution in [0.1, 0.15) is 45.6 Å². The first-order chi connectivity index (χ1) is 10.3. The second-order valence-corrected chi connectivity index (χ2v) is 9.05. The van der Waals surface area contributed by atoms with Gasteiger partial charge in [-0.1, -0.05) is 48.8 Å². The number of benzene rings is 1. The number of nitrogens with one attached hydrogen (secondary N) is 1. The lowest BCUT2D eigenvalue weighted by atomic mass is 9.65. The summed E-state index contributed by atoms with van der Waals surface area (Å²) in [6.45, 7) is 8.48. The van der Waals surface area contributed by atoms with Crippen LogP contribution in [0.3, 0.4) is 0 Å². The van der Waals surface area contributed by atoms with Gasteiger partial charge in [-0.25, -0.2) is 4.79 Å². The van der Waals surface area contributed by atoms with Crippen LogP contribution < -0.4 is 5.32 Å². The fourth-order valence-electron chi connectivity index (χ4n) is 4.62. The SMILES string of the molecule is CC1(C)CC2CC(C)(CN2C(=O)NCc2cccc(Br)c2)C1. The molecule has 1 aromatic carbocycles. The Morgan fingerprint density at radius 2 is 2.14 bits per heavy atom. The molecule has 2 bridgehead atoms. The van der Waals surface area contributed by atoms with Crippen molar-refractivity contribution < 1.29 is 4.79 Å². The molecule has 1 aromatic rings. The smallest absolute Gasteiger partial charge is 0.317 e. The lowest BCUT2D eigenvalue weighted by Crippen LogP contribution is -2.43. The summed E-state index contributed by atoms with van der Waals surface area (Å²) in [5.41, 5.74) is 1.76. The highest BCUT2D eigenvalue weighted by atomic mass is 79.9. The minimum atomic E-state index is 0.0893. The number of carbonyl (C=O) groups excluding carboxylic acids is 1. The van der Waals surface area contributed by atoms with Gasteiger partial charge in [-0.05, 0) is 47.8 Å². The third-order valence-electron chi connectivity index (χ3n) is 5.01. The molecule has 1 saturated heterocycles. The van der Waals surface area contributed by atoms with E-state index in [9.17, 15) is 4.79 Å². The van der Waals surface area contributed by atoms with E-state index in [-0.39, 0.29) is 6.03 Å². The molecule has 3 nitrogen and oxygen atoms in total. The Morgan fingerprint density at radius 1 is 1.36 bits per heavy atom. The molecule has 2 unspecified atom stereocenters. The van der Waals surface area contributed by atoms with E-state index in [1.54, 1.807) is 0 Å². The number of hydrogen-bond acceptors (Lipinski definition) is 1.